The predicted octanol–water partition coefficient (Wildman–Crippen LogP) is 10.4. The maximum atomic E-state index is 15.6. The van der Waals surface area contributed by atoms with Crippen molar-refractivity contribution in [3.63, 3.8) is 0 Å². The van der Waals surface area contributed by atoms with E-state index in [9.17, 15) is 31.1 Å². The molecule has 0 spiro atoms. The van der Waals surface area contributed by atoms with Crippen molar-refractivity contribution in [2.75, 3.05) is 6.61 Å². The molecule has 2 aromatic heterocycles. The van der Waals surface area contributed by atoms with Crippen molar-refractivity contribution in [3.8, 4) is 16.9 Å². The van der Waals surface area contributed by atoms with Gasteiger partial charge in [-0.25, -0.2) is 18.4 Å². The summed E-state index contributed by atoms with van der Waals surface area (Å²) in [4.78, 5) is 14.7. The predicted molar refractivity (Wildman–Crippen MR) is 179 cm³/mol. The second-order valence-electron chi connectivity index (χ2n) is 13.2. The number of halogens is 7. The summed E-state index contributed by atoms with van der Waals surface area (Å²) in [6.07, 6.45) is -7.38. The van der Waals surface area contributed by atoms with E-state index in [2.05, 4.69) is 0 Å². The Morgan fingerprint density at radius 3 is 2.20 bits per heavy atom. The van der Waals surface area contributed by atoms with E-state index in [0.717, 1.165) is 27.4 Å². The van der Waals surface area contributed by atoms with E-state index in [0.29, 0.717) is 53.2 Å². The minimum atomic E-state index is -5.03. The first-order valence-electron chi connectivity index (χ1n) is 16.8. The molecule has 0 bridgehead atoms. The van der Waals surface area contributed by atoms with E-state index < -0.39 is 40.9 Å². The van der Waals surface area contributed by atoms with Gasteiger partial charge in [-0.2, -0.15) is 31.4 Å². The topological polar surface area (TPSA) is 52.3 Å². The van der Waals surface area contributed by atoms with Gasteiger partial charge < -0.3 is 4.74 Å². The van der Waals surface area contributed by atoms with E-state index in [1.54, 1.807) is 17.0 Å². The van der Waals surface area contributed by atoms with E-state index in [-0.39, 0.29) is 36.8 Å². The number of benzene rings is 3. The fraction of sp³-hybridized carbons (Fsp3) is 0.368. The van der Waals surface area contributed by atoms with Gasteiger partial charge in [-0.15, -0.1) is 0 Å². The molecule has 6 nitrogen and oxygen atoms in total. The molecule has 3 heterocycles. The van der Waals surface area contributed by atoms with Crippen LogP contribution in [0.4, 0.5) is 35.5 Å². The summed E-state index contributed by atoms with van der Waals surface area (Å²) >= 11 is 0. The Morgan fingerprint density at radius 2 is 1.59 bits per heavy atom. The fourth-order valence-electron chi connectivity index (χ4n) is 7.01. The van der Waals surface area contributed by atoms with Crippen LogP contribution in [0.3, 0.4) is 0 Å². The number of ether oxygens (including phenoxy) is 1. The molecule has 6 rings (SSSR count). The number of carbonyl (C=O) groups excluding carboxylic acids is 1. The zero-order chi connectivity index (χ0) is 37.0. The third kappa shape index (κ3) is 6.30. The van der Waals surface area contributed by atoms with Crippen molar-refractivity contribution in [1.82, 2.24) is 19.2 Å². The normalized spacial score (nSPS) is 14.7. The van der Waals surface area contributed by atoms with Crippen LogP contribution in [-0.4, -0.2) is 31.9 Å². The first-order valence-corrected chi connectivity index (χ1v) is 16.8. The lowest BCUT2D eigenvalue weighted by atomic mass is 9.96. The van der Waals surface area contributed by atoms with E-state index >= 15 is 4.39 Å². The molecule has 0 radical (unpaired) electrons. The van der Waals surface area contributed by atoms with Gasteiger partial charge in [0, 0.05) is 35.8 Å². The van der Waals surface area contributed by atoms with Gasteiger partial charge in [0.25, 0.3) is 0 Å². The number of carbonyl (C=O) groups is 1. The summed E-state index contributed by atoms with van der Waals surface area (Å²) in [5.74, 6) is -0.651. The number of aromatic nitrogens is 3. The minimum absolute atomic E-state index is 0.00304. The molecule has 3 aromatic carbocycles. The zero-order valence-electron chi connectivity index (χ0n) is 28.8. The molecule has 0 atom stereocenters. The number of para-hydroxylation sites is 1. The van der Waals surface area contributed by atoms with Crippen LogP contribution >= 0.6 is 0 Å². The Labute approximate surface area is 290 Å². The van der Waals surface area contributed by atoms with Crippen LogP contribution < -0.4 is 0 Å². The van der Waals surface area contributed by atoms with Crippen molar-refractivity contribution in [1.29, 1.82) is 0 Å². The first-order chi connectivity index (χ1) is 24.0. The Hall–Kier alpha value is -4.65. The van der Waals surface area contributed by atoms with Gasteiger partial charge in [0.15, 0.2) is 0 Å². The maximum absolute atomic E-state index is 15.6. The third-order valence-electron chi connectivity index (χ3n) is 9.66. The Morgan fingerprint density at radius 1 is 0.902 bits per heavy atom. The molecule has 0 aliphatic carbocycles. The molecular formula is C38H37F7N4O2. The summed E-state index contributed by atoms with van der Waals surface area (Å²) < 4.78 is 107. The summed E-state index contributed by atoms with van der Waals surface area (Å²) in [6.45, 7) is 9.40. The van der Waals surface area contributed by atoms with Gasteiger partial charge in [-0.3, -0.25) is 4.90 Å². The van der Waals surface area contributed by atoms with Gasteiger partial charge in [0.05, 0.1) is 45.9 Å². The molecule has 51 heavy (non-hydrogen) atoms. The number of nitrogens with zero attached hydrogens (tertiary/aromatic N) is 4. The Kier molecular flexibility index (Phi) is 9.32. The SMILES string of the molecule is CCCOC(=O)n1ccc2c(-c3c4c(nn3-c3c(CC)cccc3CC)C(C)(C)N(Cc3ccc(C(F)(F)F)cc3C(F)(F)F)C4)ccc(F)c21. The number of hydrogen-bond donors (Lipinski definition) is 0. The number of hydrogen-bond acceptors (Lipinski definition) is 4. The number of rotatable bonds is 8. The largest absolute Gasteiger partial charge is 0.449 e. The molecule has 0 amide bonds. The molecular weight excluding hydrogens is 677 g/mol. The highest BCUT2D eigenvalue weighted by Gasteiger charge is 2.45. The van der Waals surface area contributed by atoms with E-state index in [1.165, 1.54) is 12.3 Å². The van der Waals surface area contributed by atoms with Crippen LogP contribution in [0.25, 0.3) is 27.8 Å². The lowest BCUT2D eigenvalue weighted by Crippen LogP contribution is -2.36. The van der Waals surface area contributed by atoms with Gasteiger partial charge in [0.2, 0.25) is 0 Å². The van der Waals surface area contributed by atoms with Crippen molar-refractivity contribution in [3.05, 3.63) is 106 Å². The number of alkyl halides is 6. The standard InChI is InChI=1S/C38H37F7N4O2/c1-6-18-51-35(50)48-17-16-27-26(14-15-30(39)33(27)48)32-28-21-47(20-24-12-13-25(37(40,41)42)19-29(24)38(43,44)45)36(4,5)34(28)46-49(32)31-22(7-2)10-9-11-23(31)8-3/h9-17,19H,6-8,18,20-21H2,1-5H3. The van der Waals surface area contributed by atoms with Crippen LogP contribution in [0.5, 0.6) is 0 Å². The van der Waals surface area contributed by atoms with Crippen LogP contribution in [0.15, 0.2) is 60.8 Å². The first kappa shape index (κ1) is 36.2. The summed E-state index contributed by atoms with van der Waals surface area (Å²) in [5, 5.41) is 5.54. The highest BCUT2D eigenvalue weighted by Crippen LogP contribution is 2.47. The molecule has 1 aliphatic heterocycles. The smallest absolute Gasteiger partial charge is 0.418 e. The van der Waals surface area contributed by atoms with Crippen molar-refractivity contribution < 1.29 is 40.3 Å². The summed E-state index contributed by atoms with van der Waals surface area (Å²) in [5.41, 5.74) is 1.13. The average molecular weight is 715 g/mol. The van der Waals surface area contributed by atoms with Crippen molar-refractivity contribution >= 4 is 17.0 Å². The van der Waals surface area contributed by atoms with Crippen molar-refractivity contribution in [2.24, 2.45) is 0 Å². The highest BCUT2D eigenvalue weighted by molar-refractivity contribution is 6.00. The molecule has 0 unspecified atom stereocenters. The second-order valence-corrected chi connectivity index (χ2v) is 13.2. The van der Waals surface area contributed by atoms with Gasteiger partial charge in [-0.05, 0) is 80.1 Å². The molecule has 5 aromatic rings. The summed E-state index contributed by atoms with van der Waals surface area (Å²) in [6, 6.07) is 12.1. The Balaban J connectivity index is 1.56. The van der Waals surface area contributed by atoms with Gasteiger partial charge in [-0.1, -0.05) is 45.0 Å². The van der Waals surface area contributed by atoms with Crippen LogP contribution in [0.2, 0.25) is 0 Å². The molecule has 0 fully saturated rings. The molecule has 0 saturated carbocycles. The lowest BCUT2D eigenvalue weighted by Gasteiger charge is -2.33. The third-order valence-corrected chi connectivity index (χ3v) is 9.66. The van der Waals surface area contributed by atoms with Gasteiger partial charge in [0.1, 0.15) is 5.82 Å². The molecule has 0 N–H and O–H groups in total. The number of fused-ring (bicyclic) bond motifs is 2. The van der Waals surface area contributed by atoms with Crippen molar-refractivity contribution in [2.45, 2.75) is 84.9 Å². The maximum Gasteiger partial charge on any atom is 0.418 e. The molecule has 0 saturated heterocycles. The lowest BCUT2D eigenvalue weighted by molar-refractivity contribution is -0.143. The average Bonchev–Trinajstić information content (AvgIpc) is 3.75. The van der Waals surface area contributed by atoms with Gasteiger partial charge >= 0.3 is 18.4 Å². The molecule has 1 aliphatic rings. The van der Waals surface area contributed by atoms with Crippen LogP contribution in [0.1, 0.15) is 80.1 Å². The van der Waals surface area contributed by atoms with E-state index in [4.69, 9.17) is 9.84 Å². The minimum Gasteiger partial charge on any atom is -0.449 e. The quantitative estimate of drug-likeness (QED) is 0.150. The molecule has 270 valence electrons. The van der Waals surface area contributed by atoms with E-state index in [1.807, 2.05) is 57.5 Å². The molecule has 13 heteroatoms. The monoisotopic (exact) mass is 714 g/mol. The number of aryl methyl sites for hydroxylation is 2. The highest BCUT2D eigenvalue weighted by atomic mass is 19.4. The second kappa shape index (κ2) is 13.2. The summed E-state index contributed by atoms with van der Waals surface area (Å²) in [7, 11) is 0. The Bertz CT molecular complexity index is 2100. The van der Waals surface area contributed by atoms with Crippen LogP contribution in [-0.2, 0) is 48.6 Å². The fourth-order valence-corrected chi connectivity index (χ4v) is 7.01. The zero-order valence-corrected chi connectivity index (χ0v) is 28.8. The van der Waals surface area contributed by atoms with Crippen LogP contribution in [0, 0.1) is 5.82 Å².